The molecule has 0 spiro atoms. The molecule has 2 nitrogen and oxygen atoms in total. The van der Waals surface area contributed by atoms with E-state index in [1.165, 1.54) is 7.05 Å². The Morgan fingerprint density at radius 3 is 1.38 bits per heavy atom. The molecule has 0 fully saturated rings. The Balaban J connectivity index is 0. The van der Waals surface area contributed by atoms with E-state index in [4.69, 9.17) is 5.11 Å². The van der Waals surface area contributed by atoms with Crippen LogP contribution >= 0.6 is 0 Å². The van der Waals surface area contributed by atoms with Gasteiger partial charge in [0.2, 0.25) is 0 Å². The third-order valence-corrected chi connectivity index (χ3v) is 0.474. The van der Waals surface area contributed by atoms with Crippen LogP contribution in [0.2, 0.25) is 0 Å². The van der Waals surface area contributed by atoms with E-state index in [2.05, 4.69) is 5.73 Å². The van der Waals surface area contributed by atoms with E-state index < -0.39 is 0 Å². The Labute approximate surface area is 51.7 Å². The highest BCUT2D eigenvalue weighted by Crippen LogP contribution is 2.09. The topological polar surface area (TPSA) is 46.2 Å². The van der Waals surface area contributed by atoms with Gasteiger partial charge in [-0.05, 0) is 12.5 Å². The average Bonchev–Trinajstić information content (AvgIpc) is 1.71. The highest BCUT2D eigenvalue weighted by Gasteiger charge is 2.05. The lowest BCUT2D eigenvalue weighted by molar-refractivity contribution is 0.177. The molecule has 0 rings (SSSR count). The highest BCUT2D eigenvalue weighted by atomic mass is 16.3. The fourth-order valence-corrected chi connectivity index (χ4v) is 0. The summed E-state index contributed by atoms with van der Waals surface area (Å²) in [6.45, 7) is 6.25. The number of hydrogen-bond donors (Lipinski definition) is 2. The number of aliphatic hydroxyl groups is 1. The van der Waals surface area contributed by atoms with Crippen molar-refractivity contribution in [1.29, 1.82) is 0 Å². The van der Waals surface area contributed by atoms with Crippen LogP contribution < -0.4 is 5.73 Å². The van der Waals surface area contributed by atoms with Crippen LogP contribution in [0.15, 0.2) is 0 Å². The molecule has 0 heterocycles. The lowest BCUT2D eigenvalue weighted by atomic mass is 9.99. The number of hydrogen-bond acceptors (Lipinski definition) is 2. The Bertz CT molecular complexity index is 38.3. The van der Waals surface area contributed by atoms with Gasteiger partial charge in [0.15, 0.2) is 0 Å². The molecule has 0 amide bonds. The molecule has 0 bridgehead atoms. The monoisotopic (exact) mass is 119 g/mol. The first-order valence-corrected chi connectivity index (χ1v) is 2.75. The van der Waals surface area contributed by atoms with Crippen molar-refractivity contribution in [2.24, 2.45) is 11.1 Å². The highest BCUT2D eigenvalue weighted by molar-refractivity contribution is 4.55. The number of aliphatic hydroxyl groups excluding tert-OH is 1. The van der Waals surface area contributed by atoms with E-state index in [0.717, 1.165) is 0 Å². The van der Waals surface area contributed by atoms with Crippen molar-refractivity contribution < 1.29 is 5.11 Å². The van der Waals surface area contributed by atoms with E-state index in [1.807, 2.05) is 20.8 Å². The van der Waals surface area contributed by atoms with Crippen LogP contribution in [0, 0.1) is 5.41 Å². The van der Waals surface area contributed by atoms with Crippen molar-refractivity contribution in [1.82, 2.24) is 0 Å². The molecule has 2 heteroatoms. The first-order valence-electron chi connectivity index (χ1n) is 2.75. The standard InChI is InChI=1S/C5H12O.CH5N/c1-5(2,3)4-6;1-2/h6H,4H2,1-3H3;2H2,1H3. The largest absolute Gasteiger partial charge is 0.396 e. The van der Waals surface area contributed by atoms with E-state index in [-0.39, 0.29) is 12.0 Å². The van der Waals surface area contributed by atoms with Gasteiger partial charge in [-0.25, -0.2) is 0 Å². The molecule has 0 aromatic rings. The molecule has 0 aliphatic heterocycles. The Kier molecular flexibility index (Phi) is 6.85. The molecule has 0 atom stereocenters. The van der Waals surface area contributed by atoms with Gasteiger partial charge in [-0.15, -0.1) is 0 Å². The van der Waals surface area contributed by atoms with Crippen LogP contribution in [0.25, 0.3) is 0 Å². The second-order valence-corrected chi connectivity index (χ2v) is 2.72. The third kappa shape index (κ3) is 16.8. The molecule has 8 heavy (non-hydrogen) atoms. The maximum atomic E-state index is 8.40. The molecule has 52 valence electrons. The zero-order valence-electron chi connectivity index (χ0n) is 6.23. The summed E-state index contributed by atoms with van der Waals surface area (Å²) in [5.41, 5.74) is 4.60. The fourth-order valence-electron chi connectivity index (χ4n) is 0. The van der Waals surface area contributed by atoms with Gasteiger partial charge in [-0.3, -0.25) is 0 Å². The molecule has 0 saturated heterocycles. The van der Waals surface area contributed by atoms with Gasteiger partial charge in [0.25, 0.3) is 0 Å². The molecule has 0 aromatic carbocycles. The van der Waals surface area contributed by atoms with Crippen molar-refractivity contribution in [3.05, 3.63) is 0 Å². The van der Waals surface area contributed by atoms with Gasteiger partial charge in [0.05, 0.1) is 0 Å². The van der Waals surface area contributed by atoms with Gasteiger partial charge in [-0.1, -0.05) is 20.8 Å². The van der Waals surface area contributed by atoms with Gasteiger partial charge >= 0.3 is 0 Å². The fraction of sp³-hybridized carbons (Fsp3) is 1.00. The minimum atomic E-state index is 0.0972. The number of nitrogens with two attached hydrogens (primary N) is 1. The molecule has 0 aliphatic carbocycles. The summed E-state index contributed by atoms with van der Waals surface area (Å²) in [6, 6.07) is 0. The lowest BCUT2D eigenvalue weighted by Crippen LogP contribution is -2.09. The molecule has 0 aromatic heterocycles. The third-order valence-electron chi connectivity index (χ3n) is 0.474. The SMILES string of the molecule is CC(C)(C)CO.CN. The van der Waals surface area contributed by atoms with E-state index in [1.54, 1.807) is 0 Å². The maximum absolute atomic E-state index is 8.40. The first kappa shape index (κ1) is 10.8. The van der Waals surface area contributed by atoms with Crippen molar-refractivity contribution in [3.8, 4) is 0 Å². The molecule has 0 aliphatic rings. The van der Waals surface area contributed by atoms with Crippen molar-refractivity contribution in [3.63, 3.8) is 0 Å². The molecular weight excluding hydrogens is 102 g/mol. The quantitative estimate of drug-likeness (QED) is 0.490. The van der Waals surface area contributed by atoms with Crippen LogP contribution in [0.1, 0.15) is 20.8 Å². The minimum absolute atomic E-state index is 0.0972. The Hall–Kier alpha value is -0.0800. The minimum Gasteiger partial charge on any atom is -0.396 e. The van der Waals surface area contributed by atoms with Crippen molar-refractivity contribution >= 4 is 0 Å². The average molecular weight is 119 g/mol. The molecular formula is C6H17NO. The summed E-state index contributed by atoms with van der Waals surface area (Å²) in [6.07, 6.45) is 0. The van der Waals surface area contributed by atoms with Crippen LogP contribution in [0.4, 0.5) is 0 Å². The molecule has 0 saturated carbocycles. The van der Waals surface area contributed by atoms with Crippen LogP contribution in [-0.4, -0.2) is 18.8 Å². The summed E-state index contributed by atoms with van der Waals surface area (Å²) >= 11 is 0. The maximum Gasteiger partial charge on any atom is 0.0479 e. The summed E-state index contributed by atoms with van der Waals surface area (Å²) in [7, 11) is 1.50. The zero-order chi connectivity index (χ0) is 7.21. The van der Waals surface area contributed by atoms with Crippen molar-refractivity contribution in [2.75, 3.05) is 13.7 Å². The molecule has 0 unspecified atom stereocenters. The van der Waals surface area contributed by atoms with Crippen LogP contribution in [-0.2, 0) is 0 Å². The first-order chi connectivity index (χ1) is 3.56. The summed E-state index contributed by atoms with van der Waals surface area (Å²) < 4.78 is 0. The Morgan fingerprint density at radius 1 is 1.25 bits per heavy atom. The van der Waals surface area contributed by atoms with Gasteiger partial charge < -0.3 is 10.8 Å². The predicted octanol–water partition coefficient (Wildman–Crippen LogP) is 0.600. The van der Waals surface area contributed by atoms with E-state index in [9.17, 15) is 0 Å². The summed E-state index contributed by atoms with van der Waals surface area (Å²) in [4.78, 5) is 0. The van der Waals surface area contributed by atoms with E-state index >= 15 is 0 Å². The van der Waals surface area contributed by atoms with Crippen LogP contribution in [0.3, 0.4) is 0 Å². The van der Waals surface area contributed by atoms with Crippen molar-refractivity contribution in [2.45, 2.75) is 20.8 Å². The smallest absolute Gasteiger partial charge is 0.0479 e. The summed E-state index contributed by atoms with van der Waals surface area (Å²) in [5, 5.41) is 8.40. The molecule has 0 radical (unpaired) electrons. The number of rotatable bonds is 0. The summed E-state index contributed by atoms with van der Waals surface area (Å²) in [5.74, 6) is 0. The van der Waals surface area contributed by atoms with Gasteiger partial charge in [-0.2, -0.15) is 0 Å². The second-order valence-electron chi connectivity index (χ2n) is 2.72. The Morgan fingerprint density at radius 2 is 1.38 bits per heavy atom. The normalized spacial score (nSPS) is 9.75. The van der Waals surface area contributed by atoms with E-state index in [0.29, 0.717) is 0 Å². The van der Waals surface area contributed by atoms with Crippen LogP contribution in [0.5, 0.6) is 0 Å². The molecule has 3 N–H and O–H groups in total. The zero-order valence-corrected chi connectivity index (χ0v) is 6.23. The lowest BCUT2D eigenvalue weighted by Gasteiger charge is -2.11. The second kappa shape index (κ2) is 5.06. The predicted molar refractivity (Wildman–Crippen MR) is 36.7 cm³/mol. The van der Waals surface area contributed by atoms with Gasteiger partial charge in [0, 0.05) is 6.61 Å². The van der Waals surface area contributed by atoms with Gasteiger partial charge in [0.1, 0.15) is 0 Å².